The van der Waals surface area contributed by atoms with Crippen molar-refractivity contribution in [1.82, 2.24) is 4.57 Å². The van der Waals surface area contributed by atoms with Crippen molar-refractivity contribution < 1.29 is 24.4 Å². The zero-order valence-electron chi connectivity index (χ0n) is 26.5. The van der Waals surface area contributed by atoms with Crippen LogP contribution >= 0.6 is 46.4 Å². The van der Waals surface area contributed by atoms with Crippen LogP contribution in [0.5, 0.6) is 0 Å². The number of fused-ring (bicyclic) bond motifs is 2. The fourth-order valence-electron chi connectivity index (χ4n) is 6.41. The summed E-state index contributed by atoms with van der Waals surface area (Å²) in [5.74, 6) is -0.491. The number of halogens is 4. The van der Waals surface area contributed by atoms with Gasteiger partial charge in [-0.3, -0.25) is 9.59 Å². The van der Waals surface area contributed by atoms with E-state index in [0.29, 0.717) is 32.9 Å². The van der Waals surface area contributed by atoms with Crippen molar-refractivity contribution in [2.24, 2.45) is 0 Å². The molecule has 2 N–H and O–H groups in total. The standard InChI is InChI=1S/C34H42Cl4N4O4/c1-3-39-27-19-23(35)25(37)21-29(27)41(17-10-6-5-8-15-33(43)44)31(39)13-12-14-32-40(4-2)28-20-24(36)26(38)22-30(28)42(32)18-11-7-9-16-34(45)46/h12,14,19-22,31H,3-11,13,15-18H2,1-2H3,(H-,43,44,45,46)/p+1/b14-12-. The van der Waals surface area contributed by atoms with E-state index in [9.17, 15) is 9.59 Å². The predicted molar refractivity (Wildman–Crippen MR) is 189 cm³/mol. The number of carboxylic acid groups (broad SMARTS) is 2. The number of carbonyl (C=O) groups is 2. The molecule has 3 aromatic rings. The number of aromatic nitrogens is 2. The Hall–Kier alpha value is -2.65. The van der Waals surface area contributed by atoms with E-state index in [0.717, 1.165) is 92.9 Å². The quantitative estimate of drug-likeness (QED) is 0.101. The van der Waals surface area contributed by atoms with Crippen molar-refractivity contribution in [3.05, 3.63) is 56.3 Å². The van der Waals surface area contributed by atoms with E-state index in [4.69, 9.17) is 56.6 Å². The summed E-state index contributed by atoms with van der Waals surface area (Å²) in [4.78, 5) is 26.7. The minimum Gasteiger partial charge on any atom is -0.481 e. The molecule has 2 aromatic carbocycles. The number of aliphatic carboxylic acids is 2. The number of unbranched alkanes of at least 4 members (excludes halogenated alkanes) is 5. The molecule has 0 fully saturated rings. The monoisotopic (exact) mass is 711 g/mol. The molecular formula is C34H43Cl4N4O4+. The van der Waals surface area contributed by atoms with Crippen LogP contribution in [-0.4, -0.2) is 46.0 Å². The van der Waals surface area contributed by atoms with Crippen molar-refractivity contribution in [2.45, 2.75) is 97.3 Å². The van der Waals surface area contributed by atoms with Crippen molar-refractivity contribution in [1.29, 1.82) is 0 Å². The fourth-order valence-corrected chi connectivity index (χ4v) is 7.04. The van der Waals surface area contributed by atoms with Gasteiger partial charge in [-0.25, -0.2) is 9.13 Å². The lowest BCUT2D eigenvalue weighted by Gasteiger charge is -2.32. The first-order chi connectivity index (χ1) is 22.1. The summed E-state index contributed by atoms with van der Waals surface area (Å²) in [6.45, 7) is 7.31. The minimum absolute atomic E-state index is 0.0533. The second-order valence-corrected chi connectivity index (χ2v) is 13.3. The summed E-state index contributed by atoms with van der Waals surface area (Å²) in [5.41, 5.74) is 4.11. The Bertz CT molecular complexity index is 1570. The molecule has 1 atom stereocenters. The molecule has 0 amide bonds. The summed E-state index contributed by atoms with van der Waals surface area (Å²) in [7, 11) is 0. The summed E-state index contributed by atoms with van der Waals surface area (Å²) in [6, 6.07) is 7.74. The van der Waals surface area contributed by atoms with Crippen LogP contribution in [0.3, 0.4) is 0 Å². The maximum absolute atomic E-state index is 11.0. The highest BCUT2D eigenvalue weighted by Crippen LogP contribution is 2.45. The third-order valence-corrected chi connectivity index (χ3v) is 10.0. The SMILES string of the molecule is CCN1c2cc(Cl)c(Cl)cc2N(CCCCCCC(=O)O)C1C/C=C\c1n(CC)c2cc(Cl)c(Cl)cc2[n+]1CCCCCC(=O)O. The number of carboxylic acids is 2. The first kappa shape index (κ1) is 36.2. The van der Waals surface area contributed by atoms with E-state index in [1.807, 2.05) is 24.3 Å². The number of aryl methyl sites for hydroxylation is 2. The lowest BCUT2D eigenvalue weighted by atomic mass is 10.1. The number of hydrogen-bond donors (Lipinski definition) is 2. The largest absolute Gasteiger partial charge is 0.481 e. The van der Waals surface area contributed by atoms with E-state index >= 15 is 0 Å². The van der Waals surface area contributed by atoms with Crippen LogP contribution in [0, 0.1) is 0 Å². The van der Waals surface area contributed by atoms with Crippen molar-refractivity contribution in [3.8, 4) is 0 Å². The Morgan fingerprint density at radius 3 is 1.93 bits per heavy atom. The van der Waals surface area contributed by atoms with Gasteiger partial charge in [0.15, 0.2) is 11.0 Å². The number of imidazole rings is 1. The molecule has 0 saturated carbocycles. The topological polar surface area (TPSA) is 89.9 Å². The second kappa shape index (κ2) is 17.0. The van der Waals surface area contributed by atoms with Crippen LogP contribution in [0.1, 0.15) is 83.9 Å². The highest BCUT2D eigenvalue weighted by atomic mass is 35.5. The number of anilines is 2. The van der Waals surface area contributed by atoms with Gasteiger partial charge in [-0.1, -0.05) is 65.3 Å². The molecule has 0 bridgehead atoms. The molecule has 1 aliphatic rings. The van der Waals surface area contributed by atoms with Crippen LogP contribution in [0.2, 0.25) is 20.1 Å². The Morgan fingerprint density at radius 1 is 0.761 bits per heavy atom. The zero-order chi connectivity index (χ0) is 33.4. The summed E-state index contributed by atoms with van der Waals surface area (Å²) >= 11 is 25.9. The molecule has 4 rings (SSSR count). The molecule has 1 aromatic heterocycles. The Labute approximate surface area is 291 Å². The Kier molecular flexibility index (Phi) is 13.3. The van der Waals surface area contributed by atoms with E-state index < -0.39 is 11.9 Å². The molecule has 1 unspecified atom stereocenters. The number of benzene rings is 2. The molecule has 2 heterocycles. The van der Waals surface area contributed by atoms with E-state index in [1.165, 1.54) is 0 Å². The van der Waals surface area contributed by atoms with Crippen LogP contribution in [-0.2, 0) is 22.7 Å². The van der Waals surface area contributed by atoms with Crippen molar-refractivity contribution in [3.63, 3.8) is 0 Å². The lowest BCUT2D eigenvalue weighted by Crippen LogP contribution is -2.43. The van der Waals surface area contributed by atoms with Gasteiger partial charge in [0.05, 0.1) is 44.6 Å². The fraction of sp³-hybridized carbons (Fsp3) is 0.500. The van der Waals surface area contributed by atoms with Crippen LogP contribution in [0.25, 0.3) is 17.1 Å². The molecular weight excluding hydrogens is 670 g/mol. The third-order valence-electron chi connectivity index (χ3n) is 8.59. The highest BCUT2D eigenvalue weighted by Gasteiger charge is 2.35. The van der Waals surface area contributed by atoms with E-state index in [2.05, 4.69) is 44.9 Å². The molecule has 0 radical (unpaired) electrons. The van der Waals surface area contributed by atoms with Gasteiger partial charge in [-0.05, 0) is 58.1 Å². The van der Waals surface area contributed by atoms with Crippen LogP contribution in [0.15, 0.2) is 30.3 Å². The maximum Gasteiger partial charge on any atom is 0.303 e. The normalized spacial score (nSPS) is 14.6. The van der Waals surface area contributed by atoms with Gasteiger partial charge in [-0.15, -0.1) is 0 Å². The molecule has 8 nitrogen and oxygen atoms in total. The predicted octanol–water partition coefficient (Wildman–Crippen LogP) is 9.32. The van der Waals surface area contributed by atoms with Gasteiger partial charge < -0.3 is 20.0 Å². The molecule has 250 valence electrons. The third kappa shape index (κ3) is 8.62. The minimum atomic E-state index is -0.771. The summed E-state index contributed by atoms with van der Waals surface area (Å²) in [5, 5.41) is 20.1. The molecule has 12 heteroatoms. The molecule has 46 heavy (non-hydrogen) atoms. The van der Waals surface area contributed by atoms with Gasteiger partial charge in [-0.2, -0.15) is 0 Å². The zero-order valence-corrected chi connectivity index (χ0v) is 29.5. The molecule has 0 aliphatic carbocycles. The Balaban J connectivity index is 1.61. The van der Waals surface area contributed by atoms with Gasteiger partial charge in [0, 0.05) is 50.6 Å². The maximum atomic E-state index is 11.0. The van der Waals surface area contributed by atoms with Gasteiger partial charge >= 0.3 is 11.9 Å². The van der Waals surface area contributed by atoms with Crippen molar-refractivity contribution >= 4 is 86.8 Å². The van der Waals surface area contributed by atoms with Gasteiger partial charge in [0.25, 0.3) is 5.82 Å². The Morgan fingerprint density at radius 2 is 1.33 bits per heavy atom. The van der Waals surface area contributed by atoms with Gasteiger partial charge in [0.1, 0.15) is 6.17 Å². The van der Waals surface area contributed by atoms with Gasteiger partial charge in [0.2, 0.25) is 0 Å². The second-order valence-electron chi connectivity index (χ2n) is 11.6. The molecule has 1 aliphatic heterocycles. The molecule has 0 saturated heterocycles. The average Bonchev–Trinajstić information content (AvgIpc) is 3.44. The summed E-state index contributed by atoms with van der Waals surface area (Å²) in [6.07, 6.45) is 11.3. The van der Waals surface area contributed by atoms with Crippen molar-refractivity contribution in [2.75, 3.05) is 22.9 Å². The smallest absolute Gasteiger partial charge is 0.303 e. The van der Waals surface area contributed by atoms with E-state index in [1.54, 1.807) is 0 Å². The number of nitrogens with zero attached hydrogens (tertiary/aromatic N) is 4. The van der Waals surface area contributed by atoms with E-state index in [-0.39, 0.29) is 19.0 Å². The van der Waals surface area contributed by atoms with Crippen LogP contribution < -0.4 is 14.4 Å². The number of rotatable bonds is 18. The highest BCUT2D eigenvalue weighted by molar-refractivity contribution is 6.43. The average molecular weight is 714 g/mol. The first-order valence-electron chi connectivity index (χ1n) is 16.1. The number of hydrogen-bond acceptors (Lipinski definition) is 4. The summed E-state index contributed by atoms with van der Waals surface area (Å²) < 4.78 is 4.49. The van der Waals surface area contributed by atoms with Crippen LogP contribution in [0.4, 0.5) is 11.4 Å². The first-order valence-corrected chi connectivity index (χ1v) is 17.6. The molecule has 0 spiro atoms. The lowest BCUT2D eigenvalue weighted by molar-refractivity contribution is -0.674.